The van der Waals surface area contributed by atoms with Crippen LogP contribution in [0.2, 0.25) is 0 Å². The number of rotatable bonds is 5. The van der Waals surface area contributed by atoms with Crippen LogP contribution in [-0.4, -0.2) is 32.7 Å². The topological polar surface area (TPSA) is 100 Å². The number of carbonyl (C=O) groups is 2. The summed E-state index contributed by atoms with van der Waals surface area (Å²) < 4.78 is 6.54. The number of benzene rings is 1. The van der Waals surface area contributed by atoms with Gasteiger partial charge in [0, 0.05) is 0 Å². The number of hydrogen-bond acceptors (Lipinski definition) is 6. The lowest BCUT2D eigenvalue weighted by Crippen LogP contribution is -2.30. The van der Waals surface area contributed by atoms with Gasteiger partial charge in [-0.3, -0.25) is 4.79 Å². The van der Waals surface area contributed by atoms with Crippen molar-refractivity contribution < 1.29 is 14.3 Å². The first kappa shape index (κ1) is 15.9. The smallest absolute Gasteiger partial charge is 0.379 e. The van der Waals surface area contributed by atoms with Crippen molar-refractivity contribution in [2.45, 2.75) is 13.0 Å². The summed E-state index contributed by atoms with van der Waals surface area (Å²) in [5.41, 5.74) is 5.86. The largest absolute Gasteiger partial charge is 0.447 e. The number of amides is 1. The van der Waals surface area contributed by atoms with E-state index in [4.69, 9.17) is 10.5 Å². The van der Waals surface area contributed by atoms with Crippen molar-refractivity contribution in [3.63, 3.8) is 0 Å². The zero-order valence-corrected chi connectivity index (χ0v) is 13.6. The number of nitrogens with two attached hydrogens (primary N) is 1. The van der Waals surface area contributed by atoms with E-state index in [0.29, 0.717) is 5.82 Å². The highest BCUT2D eigenvalue weighted by Crippen LogP contribution is 2.25. The fourth-order valence-electron chi connectivity index (χ4n) is 1.98. The molecule has 1 aromatic carbocycles. The van der Waals surface area contributed by atoms with Crippen LogP contribution in [0.4, 0.5) is 0 Å². The van der Waals surface area contributed by atoms with Gasteiger partial charge in [-0.05, 0) is 30.5 Å². The maximum Gasteiger partial charge on any atom is 0.379 e. The monoisotopic (exact) mass is 342 g/mol. The van der Waals surface area contributed by atoms with Crippen LogP contribution in [0.1, 0.15) is 17.5 Å². The second-order valence-electron chi connectivity index (χ2n) is 4.93. The molecule has 1 atom stereocenters. The Morgan fingerprint density at radius 1 is 1.21 bits per heavy atom. The lowest BCUT2D eigenvalue weighted by Gasteiger charge is -2.06. The van der Waals surface area contributed by atoms with Crippen molar-refractivity contribution in [3.05, 3.63) is 53.7 Å². The Labute approximate surface area is 141 Å². The van der Waals surface area contributed by atoms with E-state index < -0.39 is 18.0 Å². The summed E-state index contributed by atoms with van der Waals surface area (Å²) in [6, 6.07) is 13.1. The zero-order valence-electron chi connectivity index (χ0n) is 12.7. The Kier molecular flexibility index (Phi) is 4.39. The van der Waals surface area contributed by atoms with Crippen molar-refractivity contribution in [1.82, 2.24) is 14.8 Å². The summed E-state index contributed by atoms with van der Waals surface area (Å²) in [7, 11) is 0. The van der Waals surface area contributed by atoms with Crippen molar-refractivity contribution in [3.8, 4) is 16.4 Å². The van der Waals surface area contributed by atoms with Gasteiger partial charge in [-0.25, -0.2) is 9.48 Å². The molecule has 0 saturated heterocycles. The number of para-hydroxylation sites is 1. The number of esters is 1. The summed E-state index contributed by atoms with van der Waals surface area (Å²) in [5.74, 6) is -1.14. The number of carbonyl (C=O) groups excluding carboxylic acids is 2. The fraction of sp³-hybridized carbons (Fsp3) is 0.125. The minimum atomic E-state index is -1.05. The van der Waals surface area contributed by atoms with Crippen molar-refractivity contribution >= 4 is 23.2 Å². The molecule has 0 aliphatic carbocycles. The summed E-state index contributed by atoms with van der Waals surface area (Å²) in [6.07, 6.45) is -1.05. The molecule has 1 unspecified atom stereocenters. The van der Waals surface area contributed by atoms with Gasteiger partial charge >= 0.3 is 5.97 Å². The van der Waals surface area contributed by atoms with E-state index >= 15 is 0 Å². The maximum absolute atomic E-state index is 12.2. The highest BCUT2D eigenvalue weighted by Gasteiger charge is 2.23. The summed E-state index contributed by atoms with van der Waals surface area (Å²) >= 11 is 1.48. The number of ether oxygens (including phenoxy) is 1. The molecule has 0 aliphatic heterocycles. The standard InChI is InChI=1S/C16H14N4O3S/c1-10(13(17)21)23-16(22)14-18-15(12-8-5-9-24-12)20(19-14)11-6-3-2-4-7-11/h2-10H,1H3,(H2,17,21). The number of primary amides is 1. The Morgan fingerprint density at radius 2 is 1.96 bits per heavy atom. The van der Waals surface area contributed by atoms with E-state index in [0.717, 1.165) is 10.6 Å². The average molecular weight is 342 g/mol. The molecule has 0 spiro atoms. The number of thiophene rings is 1. The van der Waals surface area contributed by atoms with E-state index in [1.54, 1.807) is 4.68 Å². The van der Waals surface area contributed by atoms with Gasteiger partial charge in [0.25, 0.3) is 11.7 Å². The molecular weight excluding hydrogens is 328 g/mol. The predicted octanol–water partition coefficient (Wildman–Crippen LogP) is 2.03. The lowest BCUT2D eigenvalue weighted by molar-refractivity contribution is -0.125. The van der Waals surface area contributed by atoms with Crippen LogP contribution in [0.25, 0.3) is 16.4 Å². The van der Waals surface area contributed by atoms with E-state index in [1.807, 2.05) is 47.8 Å². The number of hydrogen-bond donors (Lipinski definition) is 1. The van der Waals surface area contributed by atoms with E-state index in [1.165, 1.54) is 18.3 Å². The third kappa shape index (κ3) is 3.18. The van der Waals surface area contributed by atoms with Crippen LogP contribution >= 0.6 is 11.3 Å². The second-order valence-corrected chi connectivity index (χ2v) is 5.88. The molecule has 24 heavy (non-hydrogen) atoms. The minimum absolute atomic E-state index is 0.129. The van der Waals surface area contributed by atoms with Crippen molar-refractivity contribution in [2.24, 2.45) is 5.73 Å². The highest BCUT2D eigenvalue weighted by molar-refractivity contribution is 7.13. The van der Waals surface area contributed by atoms with Gasteiger partial charge in [0.1, 0.15) is 0 Å². The molecule has 1 amide bonds. The van der Waals surface area contributed by atoms with Gasteiger partial charge in [-0.1, -0.05) is 24.3 Å². The van der Waals surface area contributed by atoms with E-state index in [-0.39, 0.29) is 5.82 Å². The number of aromatic nitrogens is 3. The summed E-state index contributed by atoms with van der Waals surface area (Å²) in [5, 5.41) is 6.14. The van der Waals surface area contributed by atoms with Crippen LogP contribution < -0.4 is 5.73 Å². The molecule has 0 fully saturated rings. The first-order valence-electron chi connectivity index (χ1n) is 7.13. The first-order valence-corrected chi connectivity index (χ1v) is 8.01. The average Bonchev–Trinajstić information content (AvgIpc) is 3.24. The molecule has 7 nitrogen and oxygen atoms in total. The van der Waals surface area contributed by atoms with Gasteiger partial charge < -0.3 is 10.5 Å². The molecule has 8 heteroatoms. The number of nitrogens with zero attached hydrogens (tertiary/aromatic N) is 3. The molecule has 0 aliphatic rings. The Bertz CT molecular complexity index is 859. The van der Waals surface area contributed by atoms with Crippen molar-refractivity contribution in [2.75, 3.05) is 0 Å². The molecule has 2 heterocycles. The van der Waals surface area contributed by atoms with Crippen LogP contribution in [0.3, 0.4) is 0 Å². The SMILES string of the molecule is CC(OC(=O)c1nc(-c2cccs2)n(-c2ccccc2)n1)C(N)=O. The molecule has 2 N–H and O–H groups in total. The lowest BCUT2D eigenvalue weighted by atomic mass is 10.3. The molecule has 0 radical (unpaired) electrons. The molecule has 122 valence electrons. The Hall–Kier alpha value is -3.00. The predicted molar refractivity (Wildman–Crippen MR) is 88.7 cm³/mol. The molecule has 2 aromatic heterocycles. The Balaban J connectivity index is 2.01. The maximum atomic E-state index is 12.2. The summed E-state index contributed by atoms with van der Waals surface area (Å²) in [4.78, 5) is 28.3. The van der Waals surface area contributed by atoms with Crippen LogP contribution in [0, 0.1) is 0 Å². The zero-order chi connectivity index (χ0) is 17.1. The van der Waals surface area contributed by atoms with Crippen molar-refractivity contribution in [1.29, 1.82) is 0 Å². The molecule has 0 saturated carbocycles. The third-order valence-corrected chi connectivity index (χ3v) is 4.08. The Morgan fingerprint density at radius 3 is 2.58 bits per heavy atom. The van der Waals surface area contributed by atoms with Gasteiger partial charge in [-0.15, -0.1) is 16.4 Å². The third-order valence-electron chi connectivity index (χ3n) is 3.22. The van der Waals surface area contributed by atoms with Gasteiger partial charge in [0.15, 0.2) is 11.9 Å². The van der Waals surface area contributed by atoms with Crippen LogP contribution in [-0.2, 0) is 9.53 Å². The molecule has 3 aromatic rings. The van der Waals surface area contributed by atoms with E-state index in [9.17, 15) is 9.59 Å². The van der Waals surface area contributed by atoms with Crippen LogP contribution in [0.15, 0.2) is 47.8 Å². The first-order chi connectivity index (χ1) is 11.6. The molecule has 3 rings (SSSR count). The van der Waals surface area contributed by atoms with Crippen LogP contribution in [0.5, 0.6) is 0 Å². The molecule has 0 bridgehead atoms. The highest BCUT2D eigenvalue weighted by atomic mass is 32.1. The quantitative estimate of drug-likeness (QED) is 0.715. The van der Waals surface area contributed by atoms with E-state index in [2.05, 4.69) is 10.1 Å². The summed E-state index contributed by atoms with van der Waals surface area (Å²) in [6.45, 7) is 1.40. The normalized spacial score (nSPS) is 11.9. The second kappa shape index (κ2) is 6.63. The van der Waals surface area contributed by atoms with Gasteiger partial charge in [0.05, 0.1) is 10.6 Å². The fourth-order valence-corrected chi connectivity index (χ4v) is 2.68. The molecular formula is C16H14N4O3S. The van der Waals surface area contributed by atoms with Gasteiger partial charge in [-0.2, -0.15) is 4.98 Å². The minimum Gasteiger partial charge on any atom is -0.447 e. The van der Waals surface area contributed by atoms with Gasteiger partial charge in [0.2, 0.25) is 0 Å².